The van der Waals surface area contributed by atoms with Crippen molar-refractivity contribution < 1.29 is 4.79 Å². The summed E-state index contributed by atoms with van der Waals surface area (Å²) in [5, 5.41) is 4.15. The van der Waals surface area contributed by atoms with E-state index < -0.39 is 0 Å². The zero-order valence-corrected chi connectivity index (χ0v) is 14.9. The predicted molar refractivity (Wildman–Crippen MR) is 103 cm³/mol. The van der Waals surface area contributed by atoms with E-state index in [1.807, 2.05) is 4.90 Å². The van der Waals surface area contributed by atoms with E-state index in [2.05, 4.69) is 28.4 Å². The molecule has 1 fully saturated rings. The van der Waals surface area contributed by atoms with Crippen LogP contribution in [-0.2, 0) is 6.42 Å². The Hall–Kier alpha value is -2.20. The van der Waals surface area contributed by atoms with Crippen LogP contribution in [-0.4, -0.2) is 43.5 Å². The van der Waals surface area contributed by atoms with Crippen LogP contribution in [0.4, 0.5) is 11.4 Å². The van der Waals surface area contributed by atoms with Crippen LogP contribution in [0.3, 0.4) is 0 Å². The molecule has 2 aliphatic heterocycles. The molecule has 4 rings (SSSR count). The summed E-state index contributed by atoms with van der Waals surface area (Å²) in [6.45, 7) is 4.29. The van der Waals surface area contributed by atoms with Crippen LogP contribution in [0.15, 0.2) is 42.5 Å². The van der Waals surface area contributed by atoms with Crippen LogP contribution in [0.2, 0.25) is 5.02 Å². The molecule has 2 aromatic carbocycles. The van der Waals surface area contributed by atoms with Gasteiger partial charge in [0.25, 0.3) is 5.91 Å². The van der Waals surface area contributed by atoms with Crippen LogP contribution in [0.25, 0.3) is 0 Å². The Labute approximate surface area is 153 Å². The van der Waals surface area contributed by atoms with Crippen molar-refractivity contribution in [3.05, 3.63) is 58.6 Å². The van der Waals surface area contributed by atoms with Gasteiger partial charge in [-0.05, 0) is 54.8 Å². The van der Waals surface area contributed by atoms with Gasteiger partial charge in [0.15, 0.2) is 0 Å². The van der Waals surface area contributed by atoms with E-state index in [0.717, 1.165) is 39.1 Å². The van der Waals surface area contributed by atoms with Crippen LogP contribution in [0, 0.1) is 0 Å². The van der Waals surface area contributed by atoms with Crippen molar-refractivity contribution in [3.8, 4) is 0 Å². The molecule has 5 heteroatoms. The van der Waals surface area contributed by atoms with Crippen LogP contribution >= 0.6 is 11.6 Å². The second kappa shape index (κ2) is 6.96. The quantitative estimate of drug-likeness (QED) is 0.893. The minimum atomic E-state index is 0.0908. The molecule has 0 saturated carbocycles. The lowest BCUT2D eigenvalue weighted by molar-refractivity contribution is 0.0747. The molecule has 0 aliphatic carbocycles. The molecule has 130 valence electrons. The van der Waals surface area contributed by atoms with Crippen molar-refractivity contribution in [3.63, 3.8) is 0 Å². The zero-order chi connectivity index (χ0) is 17.2. The van der Waals surface area contributed by atoms with Gasteiger partial charge in [0.1, 0.15) is 0 Å². The second-order valence-corrected chi connectivity index (χ2v) is 7.06. The fraction of sp³-hybridized carbons (Fsp3) is 0.350. The van der Waals surface area contributed by atoms with Crippen LogP contribution < -0.4 is 10.2 Å². The molecule has 0 radical (unpaired) electrons. The number of nitrogens with one attached hydrogen (secondary N) is 1. The maximum absolute atomic E-state index is 12.6. The molecule has 25 heavy (non-hydrogen) atoms. The van der Waals surface area contributed by atoms with Gasteiger partial charge in [-0.1, -0.05) is 17.7 Å². The molecule has 1 saturated heterocycles. The number of hydrogen-bond acceptors (Lipinski definition) is 3. The van der Waals surface area contributed by atoms with Crippen molar-refractivity contribution >= 4 is 28.9 Å². The Morgan fingerprint density at radius 2 is 1.76 bits per heavy atom. The van der Waals surface area contributed by atoms with Gasteiger partial charge >= 0.3 is 0 Å². The highest BCUT2D eigenvalue weighted by Crippen LogP contribution is 2.32. The Balaban J connectivity index is 1.45. The lowest BCUT2D eigenvalue weighted by Gasteiger charge is -2.38. The normalized spacial score (nSPS) is 17.0. The number of hydrogen-bond donors (Lipinski definition) is 1. The summed E-state index contributed by atoms with van der Waals surface area (Å²) in [6.07, 6.45) is 2.31. The lowest BCUT2D eigenvalue weighted by Crippen LogP contribution is -2.49. The average Bonchev–Trinajstić information content (AvgIpc) is 2.68. The maximum atomic E-state index is 12.6. The zero-order valence-electron chi connectivity index (χ0n) is 14.2. The highest BCUT2D eigenvalue weighted by atomic mass is 35.5. The number of amides is 1. The number of rotatable bonds is 2. The minimum absolute atomic E-state index is 0.0908. The molecular weight excluding hydrogens is 334 g/mol. The van der Waals surface area contributed by atoms with Gasteiger partial charge < -0.3 is 15.1 Å². The van der Waals surface area contributed by atoms with E-state index in [0.29, 0.717) is 10.6 Å². The van der Waals surface area contributed by atoms with E-state index in [1.165, 1.54) is 23.4 Å². The van der Waals surface area contributed by atoms with Crippen molar-refractivity contribution in [2.45, 2.75) is 12.8 Å². The third kappa shape index (κ3) is 3.31. The third-order valence-electron chi connectivity index (χ3n) is 5.07. The first-order valence-corrected chi connectivity index (χ1v) is 9.26. The number of halogens is 1. The van der Waals surface area contributed by atoms with Gasteiger partial charge in [-0.3, -0.25) is 4.79 Å². The molecule has 0 bridgehead atoms. The van der Waals surface area contributed by atoms with E-state index >= 15 is 0 Å². The van der Waals surface area contributed by atoms with Crippen LogP contribution in [0.5, 0.6) is 0 Å². The van der Waals surface area contributed by atoms with Crippen molar-refractivity contribution in [1.82, 2.24) is 4.90 Å². The number of nitrogens with zero attached hydrogens (tertiary/aromatic N) is 2. The van der Waals surface area contributed by atoms with Crippen molar-refractivity contribution in [2.24, 2.45) is 0 Å². The highest BCUT2D eigenvalue weighted by Gasteiger charge is 2.24. The number of piperazine rings is 1. The molecule has 0 unspecified atom stereocenters. The third-order valence-corrected chi connectivity index (χ3v) is 5.32. The minimum Gasteiger partial charge on any atom is -0.385 e. The standard InChI is InChI=1S/C20H22ClN3O/c21-16-8-6-15(7-9-16)20(25)24-13-11-23(12-14-24)19-5-1-4-18-17(19)3-2-10-22-18/h1,4-9,22H,2-3,10-14H2. The van der Waals surface area contributed by atoms with Gasteiger partial charge in [-0.2, -0.15) is 0 Å². The van der Waals surface area contributed by atoms with Gasteiger partial charge in [0, 0.05) is 54.7 Å². The van der Waals surface area contributed by atoms with E-state index in [-0.39, 0.29) is 5.91 Å². The molecule has 2 aromatic rings. The summed E-state index contributed by atoms with van der Waals surface area (Å²) in [6, 6.07) is 13.6. The molecule has 1 N–H and O–H groups in total. The monoisotopic (exact) mass is 355 g/mol. The first kappa shape index (κ1) is 16.3. The molecule has 2 heterocycles. The molecular formula is C20H22ClN3O. The van der Waals surface area contributed by atoms with E-state index in [1.54, 1.807) is 24.3 Å². The summed E-state index contributed by atoms with van der Waals surface area (Å²) in [7, 11) is 0. The molecule has 4 nitrogen and oxygen atoms in total. The van der Waals surface area contributed by atoms with Crippen LogP contribution in [0.1, 0.15) is 22.3 Å². The molecule has 0 aromatic heterocycles. The number of anilines is 2. The van der Waals surface area contributed by atoms with Gasteiger partial charge in [-0.15, -0.1) is 0 Å². The highest BCUT2D eigenvalue weighted by molar-refractivity contribution is 6.30. The summed E-state index contributed by atoms with van der Waals surface area (Å²) in [5.41, 5.74) is 4.72. The Bertz CT molecular complexity index is 767. The van der Waals surface area contributed by atoms with Crippen molar-refractivity contribution in [2.75, 3.05) is 42.9 Å². The number of carbonyl (C=O) groups excluding carboxylic acids is 1. The maximum Gasteiger partial charge on any atom is 0.253 e. The van der Waals surface area contributed by atoms with Gasteiger partial charge in [0.2, 0.25) is 0 Å². The van der Waals surface area contributed by atoms with Crippen molar-refractivity contribution in [1.29, 1.82) is 0 Å². The average molecular weight is 356 g/mol. The molecule has 1 amide bonds. The smallest absolute Gasteiger partial charge is 0.253 e. The fourth-order valence-electron chi connectivity index (χ4n) is 3.71. The summed E-state index contributed by atoms with van der Waals surface area (Å²) in [5.74, 6) is 0.0908. The lowest BCUT2D eigenvalue weighted by atomic mass is 10.00. The number of benzene rings is 2. The second-order valence-electron chi connectivity index (χ2n) is 6.62. The number of carbonyl (C=O) groups is 1. The molecule has 0 atom stereocenters. The molecule has 2 aliphatic rings. The first-order valence-electron chi connectivity index (χ1n) is 8.88. The fourth-order valence-corrected chi connectivity index (χ4v) is 3.84. The summed E-state index contributed by atoms with van der Waals surface area (Å²) < 4.78 is 0. The summed E-state index contributed by atoms with van der Waals surface area (Å²) >= 11 is 5.91. The largest absolute Gasteiger partial charge is 0.385 e. The Morgan fingerprint density at radius 3 is 2.52 bits per heavy atom. The van der Waals surface area contributed by atoms with Gasteiger partial charge in [-0.25, -0.2) is 0 Å². The topological polar surface area (TPSA) is 35.6 Å². The SMILES string of the molecule is O=C(c1ccc(Cl)cc1)N1CCN(c2cccc3c2CCCN3)CC1. The Morgan fingerprint density at radius 1 is 1.00 bits per heavy atom. The predicted octanol–water partition coefficient (Wildman–Crippen LogP) is 3.66. The summed E-state index contributed by atoms with van der Waals surface area (Å²) in [4.78, 5) is 17.0. The van der Waals surface area contributed by atoms with E-state index in [4.69, 9.17) is 11.6 Å². The number of fused-ring (bicyclic) bond motifs is 1. The molecule has 0 spiro atoms. The van der Waals surface area contributed by atoms with E-state index in [9.17, 15) is 4.79 Å². The Kier molecular flexibility index (Phi) is 4.53. The van der Waals surface area contributed by atoms with Gasteiger partial charge in [0.05, 0.1) is 0 Å². The first-order chi connectivity index (χ1) is 12.2.